The van der Waals surface area contributed by atoms with Crippen LogP contribution in [0, 0.1) is 5.82 Å². The predicted octanol–water partition coefficient (Wildman–Crippen LogP) is 3.09. The van der Waals surface area contributed by atoms with Gasteiger partial charge in [0.05, 0.1) is 18.8 Å². The molecule has 0 saturated carbocycles. The predicted molar refractivity (Wildman–Crippen MR) is 103 cm³/mol. The lowest BCUT2D eigenvalue weighted by molar-refractivity contribution is 0.0742. The highest BCUT2D eigenvalue weighted by Gasteiger charge is 2.33. The zero-order valence-corrected chi connectivity index (χ0v) is 15.6. The molecule has 7 nitrogen and oxygen atoms in total. The Balaban J connectivity index is 1.62. The van der Waals surface area contributed by atoms with E-state index in [0.717, 1.165) is 0 Å². The van der Waals surface area contributed by atoms with Crippen molar-refractivity contribution >= 4 is 23.5 Å². The van der Waals surface area contributed by atoms with Crippen molar-refractivity contribution in [3.8, 4) is 0 Å². The summed E-state index contributed by atoms with van der Waals surface area (Å²) in [6, 6.07) is 14.0. The summed E-state index contributed by atoms with van der Waals surface area (Å²) in [5.74, 6) is -1.33. The largest absolute Gasteiger partial charge is 0.328 e. The molecule has 4 rings (SSSR count). The van der Waals surface area contributed by atoms with E-state index in [1.165, 1.54) is 40.8 Å². The fourth-order valence-corrected chi connectivity index (χ4v) is 3.32. The Morgan fingerprint density at radius 2 is 1.72 bits per heavy atom. The average Bonchev–Trinajstić information content (AvgIpc) is 3.28. The number of aromatic nitrogens is 2. The van der Waals surface area contributed by atoms with Crippen LogP contribution in [0.3, 0.4) is 0 Å². The molecule has 146 valence electrons. The van der Waals surface area contributed by atoms with Crippen molar-refractivity contribution in [2.24, 2.45) is 0 Å². The standard InChI is InChI=1S/C21H17FN4O3/c1-13(27)26-18-12-25(21(29)15-8-5-9-16(22)10-15)11-17(18)19(24-26)23-20(28)14-6-3-2-4-7-14/h2-10H,11-12H2,1H3,(H,23,24,28). The van der Waals surface area contributed by atoms with Crippen LogP contribution in [-0.4, -0.2) is 32.4 Å². The van der Waals surface area contributed by atoms with E-state index in [2.05, 4.69) is 10.4 Å². The molecule has 1 aliphatic heterocycles. The highest BCUT2D eigenvalue weighted by molar-refractivity contribution is 6.04. The molecule has 2 heterocycles. The third kappa shape index (κ3) is 3.52. The molecule has 0 atom stereocenters. The molecule has 29 heavy (non-hydrogen) atoms. The molecule has 2 amide bonds. The maximum absolute atomic E-state index is 13.5. The Labute approximate surface area is 165 Å². The molecule has 0 saturated heterocycles. The van der Waals surface area contributed by atoms with Crippen LogP contribution in [0.15, 0.2) is 54.6 Å². The lowest BCUT2D eigenvalue weighted by atomic mass is 10.2. The minimum absolute atomic E-state index is 0.137. The first-order valence-corrected chi connectivity index (χ1v) is 8.97. The average molecular weight is 392 g/mol. The second-order valence-electron chi connectivity index (χ2n) is 6.70. The van der Waals surface area contributed by atoms with Crippen molar-refractivity contribution in [3.05, 3.63) is 82.8 Å². The smallest absolute Gasteiger partial charge is 0.256 e. The molecule has 0 unspecified atom stereocenters. The van der Waals surface area contributed by atoms with Gasteiger partial charge in [-0.15, -0.1) is 5.10 Å². The molecule has 2 aromatic carbocycles. The number of benzene rings is 2. The molecule has 3 aromatic rings. The lowest BCUT2D eigenvalue weighted by Crippen LogP contribution is -2.27. The molecule has 1 aromatic heterocycles. The Bertz CT molecular complexity index is 1120. The van der Waals surface area contributed by atoms with Gasteiger partial charge in [-0.05, 0) is 30.3 Å². The van der Waals surface area contributed by atoms with Crippen LogP contribution < -0.4 is 5.32 Å². The number of hydrogen-bond donors (Lipinski definition) is 1. The fraction of sp³-hybridized carbons (Fsp3) is 0.143. The zero-order chi connectivity index (χ0) is 20.5. The molecule has 0 aliphatic carbocycles. The van der Waals surface area contributed by atoms with E-state index in [9.17, 15) is 18.8 Å². The van der Waals surface area contributed by atoms with E-state index in [1.54, 1.807) is 30.3 Å². The quantitative estimate of drug-likeness (QED) is 0.742. The Hall–Kier alpha value is -3.81. The molecule has 0 fully saturated rings. The molecule has 8 heteroatoms. The molecule has 0 spiro atoms. The Morgan fingerprint density at radius 1 is 1.00 bits per heavy atom. The summed E-state index contributed by atoms with van der Waals surface area (Å²) in [6.07, 6.45) is 0. The monoisotopic (exact) mass is 392 g/mol. The summed E-state index contributed by atoms with van der Waals surface area (Å²) in [6.45, 7) is 1.65. The van der Waals surface area contributed by atoms with Gasteiger partial charge in [0, 0.05) is 23.6 Å². The van der Waals surface area contributed by atoms with Gasteiger partial charge in [-0.25, -0.2) is 9.07 Å². The lowest BCUT2D eigenvalue weighted by Gasteiger charge is -2.16. The number of nitrogens with zero attached hydrogens (tertiary/aromatic N) is 3. The van der Waals surface area contributed by atoms with Crippen molar-refractivity contribution in [3.63, 3.8) is 0 Å². The highest BCUT2D eigenvalue weighted by atomic mass is 19.1. The summed E-state index contributed by atoms with van der Waals surface area (Å²) in [5.41, 5.74) is 1.79. The van der Waals surface area contributed by atoms with Crippen molar-refractivity contribution in [1.82, 2.24) is 14.7 Å². The fourth-order valence-electron chi connectivity index (χ4n) is 3.32. The van der Waals surface area contributed by atoms with E-state index in [0.29, 0.717) is 16.8 Å². The Kier molecular flexibility index (Phi) is 4.67. The van der Waals surface area contributed by atoms with Gasteiger partial charge in [-0.3, -0.25) is 14.4 Å². The molecular formula is C21H17FN4O3. The summed E-state index contributed by atoms with van der Waals surface area (Å²) < 4.78 is 14.7. The van der Waals surface area contributed by atoms with Gasteiger partial charge in [0.15, 0.2) is 5.82 Å². The number of halogens is 1. The first kappa shape index (κ1) is 18.5. The van der Waals surface area contributed by atoms with Gasteiger partial charge >= 0.3 is 0 Å². The van der Waals surface area contributed by atoms with Crippen molar-refractivity contribution < 1.29 is 18.8 Å². The SMILES string of the molecule is CC(=O)n1nc(NC(=O)c2ccccc2)c2c1CN(C(=O)c1cccc(F)c1)C2. The van der Waals surface area contributed by atoms with Gasteiger partial charge in [-0.2, -0.15) is 0 Å². The number of rotatable bonds is 3. The van der Waals surface area contributed by atoms with Crippen LogP contribution in [-0.2, 0) is 13.1 Å². The number of fused-ring (bicyclic) bond motifs is 1. The third-order valence-electron chi connectivity index (χ3n) is 4.70. The van der Waals surface area contributed by atoms with E-state index < -0.39 is 5.82 Å². The van der Waals surface area contributed by atoms with Crippen LogP contribution in [0.1, 0.15) is 43.7 Å². The number of hydrogen-bond acceptors (Lipinski definition) is 4. The van der Waals surface area contributed by atoms with E-state index in [-0.39, 0.29) is 42.2 Å². The molecular weight excluding hydrogens is 375 g/mol. The number of anilines is 1. The highest BCUT2D eigenvalue weighted by Crippen LogP contribution is 2.30. The summed E-state index contributed by atoms with van der Waals surface area (Å²) in [7, 11) is 0. The number of amides is 2. The van der Waals surface area contributed by atoms with Gasteiger partial charge in [0.1, 0.15) is 5.82 Å². The normalized spacial score (nSPS) is 12.6. The topological polar surface area (TPSA) is 84.3 Å². The summed E-state index contributed by atoms with van der Waals surface area (Å²) in [4.78, 5) is 38.7. The summed E-state index contributed by atoms with van der Waals surface area (Å²) in [5, 5.41) is 6.94. The minimum atomic E-state index is -0.502. The first-order valence-electron chi connectivity index (χ1n) is 8.97. The molecule has 1 aliphatic rings. The van der Waals surface area contributed by atoms with Crippen LogP contribution in [0.2, 0.25) is 0 Å². The number of nitrogens with one attached hydrogen (secondary N) is 1. The van der Waals surface area contributed by atoms with E-state index in [1.807, 2.05) is 0 Å². The van der Waals surface area contributed by atoms with E-state index in [4.69, 9.17) is 0 Å². The van der Waals surface area contributed by atoms with Crippen LogP contribution >= 0.6 is 0 Å². The summed E-state index contributed by atoms with van der Waals surface area (Å²) >= 11 is 0. The molecule has 0 bridgehead atoms. The number of carbonyl (C=O) groups excluding carboxylic acids is 3. The molecule has 0 radical (unpaired) electrons. The third-order valence-corrected chi connectivity index (χ3v) is 4.70. The minimum Gasteiger partial charge on any atom is -0.328 e. The van der Waals surface area contributed by atoms with Gasteiger partial charge in [0.25, 0.3) is 11.8 Å². The van der Waals surface area contributed by atoms with Crippen LogP contribution in [0.25, 0.3) is 0 Å². The van der Waals surface area contributed by atoms with Gasteiger partial charge in [-0.1, -0.05) is 24.3 Å². The Morgan fingerprint density at radius 3 is 2.41 bits per heavy atom. The van der Waals surface area contributed by atoms with Gasteiger partial charge < -0.3 is 10.2 Å². The first-order chi connectivity index (χ1) is 13.9. The maximum atomic E-state index is 13.5. The van der Waals surface area contributed by atoms with Crippen molar-refractivity contribution in [1.29, 1.82) is 0 Å². The van der Waals surface area contributed by atoms with Crippen LogP contribution in [0.5, 0.6) is 0 Å². The van der Waals surface area contributed by atoms with Crippen molar-refractivity contribution in [2.45, 2.75) is 20.0 Å². The van der Waals surface area contributed by atoms with E-state index >= 15 is 0 Å². The molecule has 1 N–H and O–H groups in total. The van der Waals surface area contributed by atoms with Crippen molar-refractivity contribution in [2.75, 3.05) is 5.32 Å². The zero-order valence-electron chi connectivity index (χ0n) is 15.6. The van der Waals surface area contributed by atoms with Gasteiger partial charge in [0.2, 0.25) is 5.91 Å². The van der Waals surface area contributed by atoms with Crippen LogP contribution in [0.4, 0.5) is 10.2 Å². The number of carbonyl (C=O) groups is 3. The second-order valence-corrected chi connectivity index (χ2v) is 6.70. The maximum Gasteiger partial charge on any atom is 0.256 e. The second kappa shape index (κ2) is 7.31.